The van der Waals surface area contributed by atoms with Crippen LogP contribution in [0.1, 0.15) is 16.8 Å². The first kappa shape index (κ1) is 17.9. The zero-order valence-corrected chi connectivity index (χ0v) is 16.0. The van der Waals surface area contributed by atoms with Gasteiger partial charge in [-0.05, 0) is 60.6 Å². The maximum Gasteiger partial charge on any atom is 0.216 e. The average Bonchev–Trinajstić information content (AvgIpc) is 3.31. The molecule has 0 saturated carbocycles. The molecule has 4 aromatic rings. The molecule has 0 atom stereocenters. The number of aryl methyl sites for hydroxylation is 1. The molecule has 4 rings (SSSR count). The fourth-order valence-electron chi connectivity index (χ4n) is 2.61. The molecule has 0 fully saturated rings. The quantitative estimate of drug-likeness (QED) is 0.383. The molecule has 2 aromatic carbocycles. The lowest BCUT2D eigenvalue weighted by Gasteiger charge is -2.06. The number of aromatic nitrogens is 5. The molecule has 28 heavy (non-hydrogen) atoms. The molecule has 2 aromatic heterocycles. The maximum absolute atomic E-state index is 5.80. The minimum Gasteiger partial charge on any atom is -0.489 e. The number of H-pyrrole nitrogens is 2. The second-order valence-electron chi connectivity index (χ2n) is 6.19. The average molecular weight is 390 g/mol. The number of nitrogens with zero attached hydrogens (tertiary/aromatic N) is 4. The standard InChI is InChI=1S/C20H18N6OS/c1-14-11-18(23-22-14)19-24-25-20(28)26(19)21-12-15-7-9-17(10-8-15)27-13-16-5-3-2-4-6-16/h2-12H,13H2,1H3,(H,22,23)(H,25,28). The minimum absolute atomic E-state index is 0.398. The Balaban J connectivity index is 1.47. The van der Waals surface area contributed by atoms with E-state index in [0.717, 1.165) is 22.6 Å². The predicted molar refractivity (Wildman–Crippen MR) is 110 cm³/mol. The van der Waals surface area contributed by atoms with Gasteiger partial charge in [0.2, 0.25) is 10.6 Å². The second-order valence-corrected chi connectivity index (χ2v) is 6.57. The van der Waals surface area contributed by atoms with Crippen molar-refractivity contribution < 1.29 is 4.74 Å². The van der Waals surface area contributed by atoms with E-state index in [0.29, 0.717) is 22.9 Å². The topological polar surface area (TPSA) is 83.9 Å². The molecule has 0 aliphatic heterocycles. The summed E-state index contributed by atoms with van der Waals surface area (Å²) in [6, 6.07) is 19.6. The third kappa shape index (κ3) is 4.07. The van der Waals surface area contributed by atoms with Crippen LogP contribution in [0.25, 0.3) is 11.5 Å². The molecule has 8 heteroatoms. The van der Waals surface area contributed by atoms with Crippen LogP contribution in [0.5, 0.6) is 5.75 Å². The van der Waals surface area contributed by atoms with Crippen molar-refractivity contribution in [3.05, 3.63) is 82.3 Å². The van der Waals surface area contributed by atoms with Crippen LogP contribution in [0.2, 0.25) is 0 Å². The largest absolute Gasteiger partial charge is 0.489 e. The molecule has 2 N–H and O–H groups in total. The Morgan fingerprint density at radius 1 is 1.07 bits per heavy atom. The summed E-state index contributed by atoms with van der Waals surface area (Å²) in [5, 5.41) is 18.5. The van der Waals surface area contributed by atoms with E-state index in [1.807, 2.05) is 67.6 Å². The van der Waals surface area contributed by atoms with Crippen LogP contribution in [-0.4, -0.2) is 31.3 Å². The smallest absolute Gasteiger partial charge is 0.216 e. The molecule has 2 heterocycles. The zero-order chi connectivity index (χ0) is 19.3. The number of hydrogen-bond donors (Lipinski definition) is 2. The highest BCUT2D eigenvalue weighted by molar-refractivity contribution is 7.71. The molecular formula is C20H18N6OS. The maximum atomic E-state index is 5.80. The Morgan fingerprint density at radius 2 is 1.86 bits per heavy atom. The van der Waals surface area contributed by atoms with Crippen LogP contribution in [0.15, 0.2) is 65.8 Å². The Hall–Kier alpha value is -3.52. The summed E-state index contributed by atoms with van der Waals surface area (Å²) in [4.78, 5) is 0. The highest BCUT2D eigenvalue weighted by Crippen LogP contribution is 2.16. The summed E-state index contributed by atoms with van der Waals surface area (Å²) >= 11 is 5.27. The molecule has 0 radical (unpaired) electrons. The summed E-state index contributed by atoms with van der Waals surface area (Å²) in [6.07, 6.45) is 1.72. The predicted octanol–water partition coefficient (Wildman–Crippen LogP) is 4.10. The molecule has 0 aliphatic rings. The van der Waals surface area contributed by atoms with Crippen molar-refractivity contribution in [1.29, 1.82) is 0 Å². The Bertz CT molecular complexity index is 1140. The summed E-state index contributed by atoms with van der Waals surface area (Å²) in [5.74, 6) is 1.35. The number of ether oxygens (including phenoxy) is 1. The molecular weight excluding hydrogens is 372 g/mol. The van der Waals surface area contributed by atoms with Crippen LogP contribution in [0.4, 0.5) is 0 Å². The number of nitrogens with one attached hydrogen (secondary N) is 2. The van der Waals surface area contributed by atoms with E-state index in [2.05, 4.69) is 25.5 Å². The van der Waals surface area contributed by atoms with Crippen LogP contribution in [-0.2, 0) is 6.61 Å². The first-order chi connectivity index (χ1) is 13.7. The van der Waals surface area contributed by atoms with E-state index in [1.165, 1.54) is 0 Å². The van der Waals surface area contributed by atoms with Gasteiger partial charge in [-0.2, -0.15) is 20.0 Å². The van der Waals surface area contributed by atoms with Crippen LogP contribution >= 0.6 is 12.2 Å². The van der Waals surface area contributed by atoms with Gasteiger partial charge >= 0.3 is 0 Å². The molecule has 140 valence electrons. The van der Waals surface area contributed by atoms with Crippen molar-refractivity contribution in [1.82, 2.24) is 25.1 Å². The van der Waals surface area contributed by atoms with E-state index >= 15 is 0 Å². The molecule has 0 amide bonds. The lowest BCUT2D eigenvalue weighted by Crippen LogP contribution is -1.96. The Morgan fingerprint density at radius 3 is 2.57 bits per heavy atom. The van der Waals surface area contributed by atoms with Crippen LogP contribution in [0, 0.1) is 11.7 Å². The lowest BCUT2D eigenvalue weighted by molar-refractivity contribution is 0.306. The van der Waals surface area contributed by atoms with E-state index in [1.54, 1.807) is 10.9 Å². The lowest BCUT2D eigenvalue weighted by atomic mass is 10.2. The van der Waals surface area contributed by atoms with Crippen LogP contribution < -0.4 is 4.74 Å². The normalized spacial score (nSPS) is 11.2. The number of hydrogen-bond acceptors (Lipinski definition) is 5. The number of benzene rings is 2. The molecule has 0 saturated heterocycles. The first-order valence-electron chi connectivity index (χ1n) is 8.70. The van der Waals surface area contributed by atoms with Gasteiger partial charge in [0, 0.05) is 5.69 Å². The van der Waals surface area contributed by atoms with Crippen molar-refractivity contribution in [2.24, 2.45) is 5.10 Å². The van der Waals surface area contributed by atoms with Crippen molar-refractivity contribution in [2.45, 2.75) is 13.5 Å². The monoisotopic (exact) mass is 390 g/mol. The number of rotatable bonds is 6. The fourth-order valence-corrected chi connectivity index (χ4v) is 2.79. The van der Waals surface area contributed by atoms with Gasteiger partial charge in [-0.1, -0.05) is 30.3 Å². The van der Waals surface area contributed by atoms with Gasteiger partial charge in [0.05, 0.1) is 6.21 Å². The summed E-state index contributed by atoms with van der Waals surface area (Å²) < 4.78 is 7.75. The van der Waals surface area contributed by atoms with Gasteiger partial charge in [-0.25, -0.2) is 5.10 Å². The third-order valence-electron chi connectivity index (χ3n) is 4.04. The third-order valence-corrected chi connectivity index (χ3v) is 4.30. The highest BCUT2D eigenvalue weighted by atomic mass is 32.1. The van der Waals surface area contributed by atoms with Crippen molar-refractivity contribution in [3.63, 3.8) is 0 Å². The Kier molecular flexibility index (Phi) is 5.11. The number of aromatic amines is 2. The van der Waals surface area contributed by atoms with E-state index in [-0.39, 0.29) is 0 Å². The van der Waals surface area contributed by atoms with Gasteiger partial charge < -0.3 is 4.74 Å². The van der Waals surface area contributed by atoms with Gasteiger partial charge in [0.15, 0.2) is 0 Å². The second kappa shape index (κ2) is 8.01. The van der Waals surface area contributed by atoms with Crippen molar-refractivity contribution in [3.8, 4) is 17.3 Å². The highest BCUT2D eigenvalue weighted by Gasteiger charge is 2.10. The Labute approximate surface area is 166 Å². The molecule has 0 unspecified atom stereocenters. The first-order valence-corrected chi connectivity index (χ1v) is 9.11. The molecule has 0 aliphatic carbocycles. The van der Waals surface area contributed by atoms with Gasteiger partial charge in [-0.15, -0.1) is 0 Å². The fraction of sp³-hybridized carbons (Fsp3) is 0.100. The van der Waals surface area contributed by atoms with Gasteiger partial charge in [0.25, 0.3) is 0 Å². The summed E-state index contributed by atoms with van der Waals surface area (Å²) in [7, 11) is 0. The zero-order valence-electron chi connectivity index (χ0n) is 15.2. The van der Waals surface area contributed by atoms with Gasteiger partial charge in [-0.3, -0.25) is 5.10 Å². The van der Waals surface area contributed by atoms with Crippen LogP contribution in [0.3, 0.4) is 0 Å². The van der Waals surface area contributed by atoms with Gasteiger partial charge in [0.1, 0.15) is 18.1 Å². The molecule has 0 bridgehead atoms. The van der Waals surface area contributed by atoms with E-state index < -0.39 is 0 Å². The molecule has 0 spiro atoms. The molecule has 7 nitrogen and oxygen atoms in total. The minimum atomic E-state index is 0.398. The summed E-state index contributed by atoms with van der Waals surface area (Å²) in [6.45, 7) is 2.46. The summed E-state index contributed by atoms with van der Waals surface area (Å²) in [5.41, 5.74) is 3.65. The SMILES string of the molecule is Cc1cc(-c2n[nH]c(=S)n2N=Cc2ccc(OCc3ccccc3)cc2)n[nH]1. The van der Waals surface area contributed by atoms with Crippen molar-refractivity contribution in [2.75, 3.05) is 0 Å². The van der Waals surface area contributed by atoms with E-state index in [4.69, 9.17) is 17.0 Å². The van der Waals surface area contributed by atoms with E-state index in [9.17, 15) is 0 Å². The van der Waals surface area contributed by atoms with Crippen molar-refractivity contribution >= 4 is 18.4 Å².